The zero-order valence-corrected chi connectivity index (χ0v) is 34.9. The van der Waals surface area contributed by atoms with Gasteiger partial charge < -0.3 is 39.4 Å². The van der Waals surface area contributed by atoms with Gasteiger partial charge in [-0.15, -0.1) is 0 Å². The highest BCUT2D eigenvalue weighted by Gasteiger charge is 2.44. The molecule has 0 saturated carbocycles. The Balaban J connectivity index is 2.36. The van der Waals surface area contributed by atoms with Crippen LogP contribution < -0.4 is 0 Å². The molecule has 0 aromatic carbocycles. The molecule has 0 spiro atoms. The molecule has 1 aliphatic rings. The van der Waals surface area contributed by atoms with E-state index in [4.69, 9.17) is 18.9 Å². The Morgan fingerprint density at radius 1 is 0.545 bits per heavy atom. The number of allylic oxidation sites excluding steroid dienone is 4. The zero-order chi connectivity index (χ0) is 40.2. The third kappa shape index (κ3) is 28.3. The second-order valence-corrected chi connectivity index (χ2v) is 15.5. The van der Waals surface area contributed by atoms with Crippen LogP contribution in [0.4, 0.5) is 0 Å². The normalized spacial score (nSPS) is 20.7. The summed E-state index contributed by atoms with van der Waals surface area (Å²) in [5.74, 6) is -0.877. The quantitative estimate of drug-likeness (QED) is 0.0273. The van der Waals surface area contributed by atoms with Crippen molar-refractivity contribution in [2.24, 2.45) is 0 Å². The molecule has 1 rings (SSSR count). The number of carbonyl (C=O) groups is 2. The third-order valence-electron chi connectivity index (χ3n) is 10.3. The summed E-state index contributed by atoms with van der Waals surface area (Å²) in [6, 6.07) is 0. The van der Waals surface area contributed by atoms with Crippen molar-refractivity contribution in [2.75, 3.05) is 19.8 Å². The van der Waals surface area contributed by atoms with Crippen molar-refractivity contribution in [1.29, 1.82) is 0 Å². The Kier molecular flexibility index (Phi) is 34.0. The standard InChI is InChI=1S/C45H82O10/c1-3-5-7-9-11-13-15-17-19-21-23-25-27-29-31-33-40(47)52-36-38(37-53-45-44(51)43(50)42(49)39(35-46)55-45)54-41(48)34-32-30-28-26-24-22-20-18-16-14-12-10-8-6-4-2/h22,24,27,29,38-39,42-46,49-51H,3-21,23,25-26,28,30-37H2,1-2H3/b24-22+,29-27+/t38-,39-,42+,43?,44?,45-/m0/s1. The Morgan fingerprint density at radius 2 is 1.00 bits per heavy atom. The molecule has 4 N–H and O–H groups in total. The Bertz CT molecular complexity index is 954. The number of aliphatic hydroxyl groups is 4. The first kappa shape index (κ1) is 51.2. The van der Waals surface area contributed by atoms with Gasteiger partial charge >= 0.3 is 11.9 Å². The van der Waals surface area contributed by atoms with E-state index in [1.807, 2.05) is 6.08 Å². The number of aliphatic hydroxyl groups excluding tert-OH is 4. The van der Waals surface area contributed by atoms with Crippen LogP contribution in [-0.2, 0) is 28.5 Å². The van der Waals surface area contributed by atoms with E-state index in [9.17, 15) is 30.0 Å². The summed E-state index contributed by atoms with van der Waals surface area (Å²) in [6.45, 7) is 3.37. The number of hydrogen-bond acceptors (Lipinski definition) is 10. The summed E-state index contributed by atoms with van der Waals surface area (Å²) in [5.41, 5.74) is 0. The molecule has 1 aliphatic heterocycles. The van der Waals surface area contributed by atoms with Crippen molar-refractivity contribution in [3.8, 4) is 0 Å². The highest BCUT2D eigenvalue weighted by molar-refractivity contribution is 5.70. The molecule has 0 amide bonds. The Labute approximate surface area is 334 Å². The van der Waals surface area contributed by atoms with Crippen molar-refractivity contribution in [3.63, 3.8) is 0 Å². The lowest BCUT2D eigenvalue weighted by Gasteiger charge is -2.39. The average molecular weight is 783 g/mol. The average Bonchev–Trinajstić information content (AvgIpc) is 3.18. The predicted molar refractivity (Wildman–Crippen MR) is 219 cm³/mol. The molecule has 0 radical (unpaired) electrons. The van der Waals surface area contributed by atoms with Gasteiger partial charge in [-0.2, -0.15) is 0 Å². The van der Waals surface area contributed by atoms with E-state index in [-0.39, 0.29) is 26.1 Å². The van der Waals surface area contributed by atoms with Gasteiger partial charge in [-0.3, -0.25) is 9.59 Å². The smallest absolute Gasteiger partial charge is 0.306 e. The molecule has 0 bridgehead atoms. The fraction of sp³-hybridized carbons (Fsp3) is 0.867. The molecule has 1 saturated heterocycles. The van der Waals surface area contributed by atoms with Gasteiger partial charge in [-0.25, -0.2) is 0 Å². The summed E-state index contributed by atoms with van der Waals surface area (Å²) in [7, 11) is 0. The van der Waals surface area contributed by atoms with E-state index in [0.717, 1.165) is 38.5 Å². The van der Waals surface area contributed by atoms with Crippen LogP contribution in [-0.4, -0.2) is 89.0 Å². The molecule has 1 fully saturated rings. The van der Waals surface area contributed by atoms with Crippen LogP contribution in [0.25, 0.3) is 0 Å². The van der Waals surface area contributed by atoms with E-state index >= 15 is 0 Å². The second kappa shape index (κ2) is 36.5. The van der Waals surface area contributed by atoms with Crippen molar-refractivity contribution in [1.82, 2.24) is 0 Å². The predicted octanol–water partition coefficient (Wildman–Crippen LogP) is 9.33. The molecule has 0 aromatic rings. The third-order valence-corrected chi connectivity index (χ3v) is 10.3. The summed E-state index contributed by atoms with van der Waals surface area (Å²) >= 11 is 0. The fourth-order valence-corrected chi connectivity index (χ4v) is 6.73. The molecule has 10 nitrogen and oxygen atoms in total. The van der Waals surface area contributed by atoms with Crippen LogP contribution in [0.2, 0.25) is 0 Å². The van der Waals surface area contributed by atoms with Gasteiger partial charge in [-0.05, 0) is 51.4 Å². The van der Waals surface area contributed by atoms with Gasteiger partial charge in [0.15, 0.2) is 12.4 Å². The number of hydrogen-bond donors (Lipinski definition) is 4. The minimum atomic E-state index is -1.60. The molecule has 2 unspecified atom stereocenters. The highest BCUT2D eigenvalue weighted by atomic mass is 16.7. The zero-order valence-electron chi connectivity index (χ0n) is 34.9. The van der Waals surface area contributed by atoms with Crippen LogP contribution in [0, 0.1) is 0 Å². The molecular weight excluding hydrogens is 700 g/mol. The van der Waals surface area contributed by atoms with E-state index in [1.165, 1.54) is 116 Å². The lowest BCUT2D eigenvalue weighted by Crippen LogP contribution is -2.59. The van der Waals surface area contributed by atoms with Gasteiger partial charge in [0.05, 0.1) is 13.2 Å². The van der Waals surface area contributed by atoms with Gasteiger partial charge in [0, 0.05) is 12.8 Å². The number of unbranched alkanes of at least 4 members (excludes halogenated alkanes) is 22. The first-order valence-electron chi connectivity index (χ1n) is 22.4. The summed E-state index contributed by atoms with van der Waals surface area (Å²) in [6.07, 6.45) is 32.0. The van der Waals surface area contributed by atoms with E-state index in [2.05, 4.69) is 32.1 Å². The van der Waals surface area contributed by atoms with Crippen LogP contribution in [0.5, 0.6) is 0 Å². The van der Waals surface area contributed by atoms with Gasteiger partial charge in [-0.1, -0.05) is 154 Å². The molecular formula is C45H82O10. The first-order valence-corrected chi connectivity index (χ1v) is 22.4. The van der Waals surface area contributed by atoms with Crippen molar-refractivity contribution >= 4 is 11.9 Å². The lowest BCUT2D eigenvalue weighted by atomic mass is 9.99. The van der Waals surface area contributed by atoms with Crippen molar-refractivity contribution in [2.45, 2.75) is 230 Å². The fourth-order valence-electron chi connectivity index (χ4n) is 6.73. The molecule has 55 heavy (non-hydrogen) atoms. The van der Waals surface area contributed by atoms with Crippen LogP contribution in [0.3, 0.4) is 0 Å². The van der Waals surface area contributed by atoms with Crippen molar-refractivity contribution in [3.05, 3.63) is 24.3 Å². The Hall–Kier alpha value is -1.82. The summed E-state index contributed by atoms with van der Waals surface area (Å²) in [4.78, 5) is 25.3. The molecule has 0 aliphatic carbocycles. The molecule has 6 atom stereocenters. The van der Waals surface area contributed by atoms with Crippen molar-refractivity contribution < 1.29 is 49.0 Å². The monoisotopic (exact) mass is 783 g/mol. The maximum atomic E-state index is 12.7. The Morgan fingerprint density at radius 3 is 1.49 bits per heavy atom. The van der Waals surface area contributed by atoms with E-state index < -0.39 is 55.4 Å². The minimum Gasteiger partial charge on any atom is -0.462 e. The van der Waals surface area contributed by atoms with Gasteiger partial charge in [0.1, 0.15) is 31.0 Å². The lowest BCUT2D eigenvalue weighted by molar-refractivity contribution is -0.305. The highest BCUT2D eigenvalue weighted by Crippen LogP contribution is 2.22. The molecule has 322 valence electrons. The number of carbonyl (C=O) groups excluding carboxylic acids is 2. The second-order valence-electron chi connectivity index (χ2n) is 15.5. The molecule has 1 heterocycles. The van der Waals surface area contributed by atoms with E-state index in [1.54, 1.807) is 0 Å². The largest absolute Gasteiger partial charge is 0.462 e. The van der Waals surface area contributed by atoms with Crippen LogP contribution in [0.15, 0.2) is 24.3 Å². The topological polar surface area (TPSA) is 152 Å². The first-order chi connectivity index (χ1) is 26.8. The summed E-state index contributed by atoms with van der Waals surface area (Å²) < 4.78 is 22.1. The molecule has 0 aromatic heterocycles. The van der Waals surface area contributed by atoms with Crippen LogP contribution >= 0.6 is 0 Å². The van der Waals surface area contributed by atoms with Gasteiger partial charge in [0.25, 0.3) is 0 Å². The SMILES string of the molecule is CCCCCCCCCC/C=C/CCCCCC(=O)O[C@@H](COC(=O)CC/C=C/CCCCCCCCCCCCC)CO[C@H]1O[C@@H](CO)[C@@H](O)C(O)C1O. The van der Waals surface area contributed by atoms with Gasteiger partial charge in [0.2, 0.25) is 0 Å². The summed E-state index contributed by atoms with van der Waals surface area (Å²) in [5, 5.41) is 40.0. The molecule has 10 heteroatoms. The van der Waals surface area contributed by atoms with E-state index in [0.29, 0.717) is 12.8 Å². The van der Waals surface area contributed by atoms with Crippen LogP contribution in [0.1, 0.15) is 194 Å². The number of esters is 2. The maximum Gasteiger partial charge on any atom is 0.306 e. The maximum absolute atomic E-state index is 12.7. The number of ether oxygens (including phenoxy) is 4. The number of rotatable bonds is 37. The minimum absolute atomic E-state index is 0.191.